The molecule has 0 radical (unpaired) electrons. The van der Waals surface area contributed by atoms with Crippen LogP contribution in [-0.2, 0) is 21.4 Å². The summed E-state index contributed by atoms with van der Waals surface area (Å²) < 4.78 is 33.7. The Morgan fingerprint density at radius 2 is 1.73 bits per heavy atom. The number of benzene rings is 3. The molecule has 5 rings (SSSR count). The molecule has 0 saturated carbocycles. The number of aliphatic imine (C=N–C) groups is 1. The molecule has 1 fully saturated rings. The van der Waals surface area contributed by atoms with Gasteiger partial charge >= 0.3 is 0 Å². The maximum absolute atomic E-state index is 13.3. The first-order valence-corrected chi connectivity index (χ1v) is 13.6. The summed E-state index contributed by atoms with van der Waals surface area (Å²) in [6, 6.07) is 23.0. The fourth-order valence-electron chi connectivity index (χ4n) is 4.59. The quantitative estimate of drug-likeness (QED) is 0.491. The van der Waals surface area contributed by atoms with Crippen LogP contribution < -0.4 is 9.64 Å². The van der Waals surface area contributed by atoms with E-state index in [9.17, 15) is 13.2 Å². The predicted molar refractivity (Wildman–Crippen MR) is 140 cm³/mol. The smallest absolute Gasteiger partial charge is 0.285 e. The molecule has 188 valence electrons. The molecular weight excluding hydrogens is 488 g/mol. The van der Waals surface area contributed by atoms with Gasteiger partial charge in [0.1, 0.15) is 11.6 Å². The Labute approximate surface area is 216 Å². The van der Waals surface area contributed by atoms with Gasteiger partial charge in [0.15, 0.2) is 6.61 Å². The number of carbonyl (C=O) groups excluding carboxylic acids is 1. The second-order valence-electron chi connectivity index (χ2n) is 8.96. The number of ether oxygens (including phenoxy) is 1. The molecule has 3 aromatic carbocycles. The molecule has 8 nitrogen and oxygen atoms in total. The lowest BCUT2D eigenvalue weighted by atomic mass is 10.1. The summed E-state index contributed by atoms with van der Waals surface area (Å²) in [6.45, 7) is 1.26. The number of hydrogen-bond donors (Lipinski definition) is 0. The molecule has 0 atom stereocenters. The van der Waals surface area contributed by atoms with Gasteiger partial charge < -0.3 is 9.64 Å². The Balaban J connectivity index is 1.41. The molecule has 0 bridgehead atoms. The molecular formula is C28H26N4O4S. The first kappa shape index (κ1) is 24.7. The zero-order valence-corrected chi connectivity index (χ0v) is 21.0. The fourth-order valence-corrected chi connectivity index (χ4v) is 6.15. The standard InChI is InChI=1S/C28H26N4O4S/c29-18-21-11-13-24(14-12-21)36-20-27(33)30-28-26-10-3-2-7-22(26)19-32(28)23-8-6-9-25(17-23)37(34,35)31-15-4-1-5-16-31/h2-3,6-14,17H,1,4-5,15-16,19-20H2. The number of sulfonamides is 1. The number of amidine groups is 1. The third kappa shape index (κ3) is 5.26. The lowest BCUT2D eigenvalue weighted by molar-refractivity contribution is -0.119. The van der Waals surface area contributed by atoms with Crippen LogP contribution in [0.3, 0.4) is 0 Å². The third-order valence-corrected chi connectivity index (χ3v) is 8.40. The fraction of sp³-hybridized carbons (Fsp3) is 0.250. The van der Waals surface area contributed by atoms with Crippen LogP contribution in [-0.4, -0.2) is 44.2 Å². The first-order valence-electron chi connectivity index (χ1n) is 12.2. The van der Waals surface area contributed by atoms with E-state index in [4.69, 9.17) is 10.00 Å². The highest BCUT2D eigenvalue weighted by Gasteiger charge is 2.30. The lowest BCUT2D eigenvalue weighted by Crippen LogP contribution is -2.35. The molecule has 9 heteroatoms. The van der Waals surface area contributed by atoms with E-state index in [2.05, 4.69) is 4.99 Å². The molecule has 1 amide bonds. The minimum absolute atomic E-state index is 0.234. The highest BCUT2D eigenvalue weighted by Crippen LogP contribution is 2.31. The maximum Gasteiger partial charge on any atom is 0.285 e. The summed E-state index contributed by atoms with van der Waals surface area (Å²) in [5.74, 6) is 0.446. The van der Waals surface area contributed by atoms with E-state index >= 15 is 0 Å². The van der Waals surface area contributed by atoms with Gasteiger partial charge in [0.25, 0.3) is 5.91 Å². The zero-order valence-electron chi connectivity index (χ0n) is 20.2. The number of rotatable bonds is 6. The van der Waals surface area contributed by atoms with Crippen LogP contribution in [0.25, 0.3) is 0 Å². The summed E-state index contributed by atoms with van der Waals surface area (Å²) >= 11 is 0. The summed E-state index contributed by atoms with van der Waals surface area (Å²) in [5.41, 5.74) is 2.96. The van der Waals surface area contributed by atoms with E-state index in [1.54, 1.807) is 46.8 Å². The summed E-state index contributed by atoms with van der Waals surface area (Å²) in [5, 5.41) is 8.93. The van der Waals surface area contributed by atoms with Crippen molar-refractivity contribution >= 4 is 27.5 Å². The minimum atomic E-state index is -3.61. The monoisotopic (exact) mass is 514 g/mol. The van der Waals surface area contributed by atoms with Crippen molar-refractivity contribution in [3.63, 3.8) is 0 Å². The van der Waals surface area contributed by atoms with Gasteiger partial charge in [0.2, 0.25) is 10.0 Å². The Kier molecular flexibility index (Phi) is 7.04. The molecule has 2 heterocycles. The van der Waals surface area contributed by atoms with Crippen molar-refractivity contribution in [2.75, 3.05) is 24.6 Å². The van der Waals surface area contributed by atoms with Gasteiger partial charge in [-0.1, -0.05) is 36.8 Å². The van der Waals surface area contributed by atoms with Crippen LogP contribution in [0.1, 0.15) is 36.0 Å². The maximum atomic E-state index is 13.3. The molecule has 1 saturated heterocycles. The van der Waals surface area contributed by atoms with Crippen LogP contribution in [0.2, 0.25) is 0 Å². The molecule has 37 heavy (non-hydrogen) atoms. The van der Waals surface area contributed by atoms with Crippen molar-refractivity contribution in [3.8, 4) is 11.8 Å². The predicted octanol–water partition coefficient (Wildman–Crippen LogP) is 4.11. The van der Waals surface area contributed by atoms with E-state index in [0.29, 0.717) is 42.5 Å². The molecule has 0 unspecified atom stereocenters. The largest absolute Gasteiger partial charge is 0.484 e. The SMILES string of the molecule is N#Cc1ccc(OCC(=O)N=C2c3ccccc3CN2c2cccc(S(=O)(=O)N3CCCCC3)c2)cc1. The van der Waals surface area contributed by atoms with E-state index in [-0.39, 0.29) is 11.5 Å². The second-order valence-corrected chi connectivity index (χ2v) is 10.9. The van der Waals surface area contributed by atoms with Crippen molar-refractivity contribution in [2.45, 2.75) is 30.7 Å². The number of hydrogen-bond acceptors (Lipinski definition) is 5. The van der Waals surface area contributed by atoms with E-state index in [1.807, 2.05) is 41.3 Å². The number of nitriles is 1. The van der Waals surface area contributed by atoms with Gasteiger partial charge in [-0.15, -0.1) is 0 Å². The minimum Gasteiger partial charge on any atom is -0.484 e. The highest BCUT2D eigenvalue weighted by atomic mass is 32.2. The number of nitrogens with zero attached hydrogens (tertiary/aromatic N) is 4. The van der Waals surface area contributed by atoms with Gasteiger partial charge in [-0.3, -0.25) is 4.79 Å². The number of piperidine rings is 1. The normalized spacial score (nSPS) is 16.8. The summed E-state index contributed by atoms with van der Waals surface area (Å²) in [6.07, 6.45) is 2.77. The van der Waals surface area contributed by atoms with Gasteiger partial charge in [-0.2, -0.15) is 14.6 Å². The number of carbonyl (C=O) groups is 1. The Morgan fingerprint density at radius 1 is 0.973 bits per heavy atom. The molecule has 0 aromatic heterocycles. The van der Waals surface area contributed by atoms with E-state index < -0.39 is 15.9 Å². The van der Waals surface area contributed by atoms with Crippen molar-refractivity contribution in [1.82, 2.24) is 4.31 Å². The van der Waals surface area contributed by atoms with Crippen molar-refractivity contribution < 1.29 is 17.9 Å². The van der Waals surface area contributed by atoms with Crippen LogP contribution >= 0.6 is 0 Å². The molecule has 0 N–H and O–H groups in total. The van der Waals surface area contributed by atoms with Gasteiger partial charge in [-0.05, 0) is 60.9 Å². The Hall–Kier alpha value is -4.00. The summed E-state index contributed by atoms with van der Waals surface area (Å²) in [4.78, 5) is 19.3. The second kappa shape index (κ2) is 10.5. The number of amides is 1. The molecule has 2 aliphatic heterocycles. The summed E-state index contributed by atoms with van der Waals surface area (Å²) in [7, 11) is -3.61. The Bertz CT molecular complexity index is 1490. The van der Waals surface area contributed by atoms with Crippen LogP contribution in [0.4, 0.5) is 5.69 Å². The number of fused-ring (bicyclic) bond motifs is 1. The van der Waals surface area contributed by atoms with Crippen LogP contribution in [0.5, 0.6) is 5.75 Å². The lowest BCUT2D eigenvalue weighted by Gasteiger charge is -2.26. The molecule has 0 spiro atoms. The average molecular weight is 515 g/mol. The third-order valence-electron chi connectivity index (χ3n) is 6.50. The van der Waals surface area contributed by atoms with Crippen molar-refractivity contribution in [1.29, 1.82) is 5.26 Å². The Morgan fingerprint density at radius 3 is 2.49 bits per heavy atom. The average Bonchev–Trinajstić information content (AvgIpc) is 3.31. The van der Waals surface area contributed by atoms with Crippen molar-refractivity contribution in [3.05, 3.63) is 89.5 Å². The van der Waals surface area contributed by atoms with Crippen LogP contribution in [0.15, 0.2) is 82.7 Å². The van der Waals surface area contributed by atoms with Gasteiger partial charge in [-0.25, -0.2) is 8.42 Å². The number of anilines is 1. The molecule has 2 aliphatic rings. The topological polar surface area (TPSA) is 103 Å². The van der Waals surface area contributed by atoms with E-state index in [0.717, 1.165) is 30.4 Å². The van der Waals surface area contributed by atoms with Gasteiger partial charge in [0.05, 0.1) is 23.1 Å². The van der Waals surface area contributed by atoms with Crippen LogP contribution in [0, 0.1) is 11.3 Å². The molecule has 3 aromatic rings. The van der Waals surface area contributed by atoms with E-state index in [1.165, 1.54) is 0 Å². The molecule has 0 aliphatic carbocycles. The van der Waals surface area contributed by atoms with Crippen molar-refractivity contribution in [2.24, 2.45) is 4.99 Å². The highest BCUT2D eigenvalue weighted by molar-refractivity contribution is 7.89. The first-order chi connectivity index (χ1) is 18.0. The van der Waals surface area contributed by atoms with Gasteiger partial charge in [0, 0.05) is 24.3 Å². The zero-order chi connectivity index (χ0) is 25.8.